The number of aliphatic imine (C=N–C) groups is 1. The molecule has 2 aliphatic rings. The van der Waals surface area contributed by atoms with Gasteiger partial charge in [-0.3, -0.25) is 4.99 Å². The molecule has 0 aliphatic carbocycles. The van der Waals surface area contributed by atoms with Gasteiger partial charge in [-0.1, -0.05) is 11.2 Å². The zero-order chi connectivity index (χ0) is 24.6. The van der Waals surface area contributed by atoms with Crippen LogP contribution in [-0.4, -0.2) is 62.7 Å². The number of benzene rings is 1. The Morgan fingerprint density at radius 2 is 1.91 bits per heavy atom. The molecule has 33 heavy (non-hydrogen) atoms. The first kappa shape index (κ1) is 24.7. The number of ether oxygens (including phenoxy) is 2. The second-order valence-electron chi connectivity index (χ2n) is 7.63. The van der Waals surface area contributed by atoms with E-state index in [2.05, 4.69) is 14.9 Å². The topological polar surface area (TPSA) is 69.5 Å². The van der Waals surface area contributed by atoms with Crippen molar-refractivity contribution in [3.05, 3.63) is 46.5 Å². The highest BCUT2D eigenvalue weighted by Gasteiger charge is 2.64. The summed E-state index contributed by atoms with van der Waals surface area (Å²) in [7, 11) is 2.38. The minimum Gasteiger partial charge on any atom is -0.465 e. The molecular formula is C21H20F6N2O4. The van der Waals surface area contributed by atoms with Gasteiger partial charge in [0.1, 0.15) is 0 Å². The van der Waals surface area contributed by atoms with E-state index in [4.69, 9.17) is 9.57 Å². The molecule has 0 aromatic heterocycles. The normalized spacial score (nSPS) is 23.4. The summed E-state index contributed by atoms with van der Waals surface area (Å²) in [6, 6.07) is 4.15. The number of aryl methyl sites for hydroxylation is 1. The fourth-order valence-electron chi connectivity index (χ4n) is 3.72. The molecule has 6 nitrogen and oxygen atoms in total. The van der Waals surface area contributed by atoms with Gasteiger partial charge in [0.15, 0.2) is 0 Å². The van der Waals surface area contributed by atoms with Crippen LogP contribution in [0.5, 0.6) is 0 Å². The number of methoxy groups -OCH3 is 2. The first-order valence-corrected chi connectivity index (χ1v) is 9.68. The van der Waals surface area contributed by atoms with E-state index in [-0.39, 0.29) is 23.4 Å². The summed E-state index contributed by atoms with van der Waals surface area (Å²) in [5, 5.41) is 3.54. The van der Waals surface area contributed by atoms with Crippen molar-refractivity contribution in [2.24, 2.45) is 16.1 Å². The van der Waals surface area contributed by atoms with Crippen LogP contribution in [0.4, 0.5) is 26.3 Å². The van der Waals surface area contributed by atoms with Gasteiger partial charge in [0, 0.05) is 25.1 Å². The van der Waals surface area contributed by atoms with E-state index in [1.54, 1.807) is 6.92 Å². The third-order valence-corrected chi connectivity index (χ3v) is 5.47. The zero-order valence-electron chi connectivity index (χ0n) is 17.8. The van der Waals surface area contributed by atoms with Crippen molar-refractivity contribution in [3.8, 4) is 0 Å². The number of rotatable bonds is 5. The van der Waals surface area contributed by atoms with E-state index in [1.807, 2.05) is 0 Å². The first-order chi connectivity index (χ1) is 15.3. The van der Waals surface area contributed by atoms with Crippen molar-refractivity contribution < 1.29 is 45.4 Å². The fourth-order valence-corrected chi connectivity index (χ4v) is 3.72. The van der Waals surface area contributed by atoms with Gasteiger partial charge in [-0.15, -0.1) is 0 Å². The van der Waals surface area contributed by atoms with Crippen LogP contribution in [0.15, 0.2) is 40.0 Å². The maximum absolute atomic E-state index is 14.2. The summed E-state index contributed by atoms with van der Waals surface area (Å²) in [4.78, 5) is 20.3. The van der Waals surface area contributed by atoms with Gasteiger partial charge >= 0.3 is 18.3 Å². The average Bonchev–Trinajstić information content (AvgIpc) is 3.20. The van der Waals surface area contributed by atoms with Gasteiger partial charge in [-0.05, 0) is 36.3 Å². The van der Waals surface area contributed by atoms with E-state index in [0.717, 1.165) is 0 Å². The zero-order valence-corrected chi connectivity index (χ0v) is 17.8. The number of hydrogen-bond acceptors (Lipinski definition) is 6. The summed E-state index contributed by atoms with van der Waals surface area (Å²) in [5.74, 6) is -1.86. The van der Waals surface area contributed by atoms with Crippen molar-refractivity contribution in [2.75, 3.05) is 27.4 Å². The molecule has 0 amide bonds. The van der Waals surface area contributed by atoms with Gasteiger partial charge in [-0.2, -0.15) is 26.3 Å². The molecule has 2 unspecified atom stereocenters. The van der Waals surface area contributed by atoms with E-state index < -0.39 is 54.1 Å². The predicted molar refractivity (Wildman–Crippen MR) is 105 cm³/mol. The molecule has 2 atom stereocenters. The highest BCUT2D eigenvalue weighted by Crippen LogP contribution is 2.45. The fraction of sp³-hybridized carbons (Fsp3) is 0.476. The number of esters is 1. The molecule has 2 aliphatic heterocycles. The number of carbonyl (C=O) groups excluding carboxylic acids is 1. The van der Waals surface area contributed by atoms with Gasteiger partial charge in [0.2, 0.25) is 0 Å². The Kier molecular flexibility index (Phi) is 6.60. The van der Waals surface area contributed by atoms with Crippen LogP contribution in [0.3, 0.4) is 0 Å². The number of carbonyl (C=O) groups is 1. The number of oxime groups is 1. The van der Waals surface area contributed by atoms with E-state index in [1.165, 1.54) is 32.4 Å². The van der Waals surface area contributed by atoms with Crippen LogP contribution in [-0.2, 0) is 14.3 Å². The second kappa shape index (κ2) is 8.81. The largest absolute Gasteiger partial charge is 0.465 e. The van der Waals surface area contributed by atoms with Gasteiger partial charge in [-0.25, -0.2) is 4.79 Å². The van der Waals surface area contributed by atoms with Crippen molar-refractivity contribution in [1.82, 2.24) is 0 Å². The maximum Gasteiger partial charge on any atom is 0.437 e. The lowest BCUT2D eigenvalue weighted by Crippen LogP contribution is -2.53. The minimum atomic E-state index is -5.11. The second-order valence-corrected chi connectivity index (χ2v) is 7.63. The van der Waals surface area contributed by atoms with Crippen LogP contribution < -0.4 is 0 Å². The number of halogens is 6. The van der Waals surface area contributed by atoms with E-state index >= 15 is 0 Å². The predicted octanol–water partition coefficient (Wildman–Crippen LogP) is 4.41. The molecule has 0 bridgehead atoms. The summed E-state index contributed by atoms with van der Waals surface area (Å²) in [5.41, 5.74) is -4.55. The van der Waals surface area contributed by atoms with Crippen molar-refractivity contribution in [2.45, 2.75) is 31.3 Å². The Labute approximate surface area is 184 Å². The quantitative estimate of drug-likeness (QED) is 0.465. The molecule has 1 aromatic carbocycles. The standard InChI is InChI=1S/C21H20F6N2O4/c1-11-6-12(4-5-14(11)18(30)32-3)16-8-19(33-29-16,21(25,26)27)17-7-15(20(22,23)24)13(9-28-17)10-31-2/h4-7,13H,8-10H2,1-3H3. The van der Waals surface area contributed by atoms with Crippen LogP contribution >= 0.6 is 0 Å². The smallest absolute Gasteiger partial charge is 0.437 e. The molecule has 0 radical (unpaired) electrons. The third kappa shape index (κ3) is 4.61. The van der Waals surface area contributed by atoms with Gasteiger partial charge in [0.05, 0.1) is 37.1 Å². The molecule has 3 rings (SSSR count). The molecule has 2 heterocycles. The Hall–Kier alpha value is -2.89. The maximum atomic E-state index is 14.2. The first-order valence-electron chi connectivity index (χ1n) is 9.68. The lowest BCUT2D eigenvalue weighted by atomic mass is 9.84. The number of dihydropyridines is 1. The highest BCUT2D eigenvalue weighted by molar-refractivity contribution is 6.11. The Morgan fingerprint density at radius 3 is 2.45 bits per heavy atom. The van der Waals surface area contributed by atoms with E-state index in [9.17, 15) is 31.1 Å². The number of hydrogen-bond donors (Lipinski definition) is 0. The highest BCUT2D eigenvalue weighted by atomic mass is 19.4. The molecule has 0 saturated carbocycles. The molecule has 0 fully saturated rings. The molecule has 0 N–H and O–H groups in total. The lowest BCUT2D eigenvalue weighted by molar-refractivity contribution is -0.239. The lowest BCUT2D eigenvalue weighted by Gasteiger charge is -2.33. The molecular weight excluding hydrogens is 458 g/mol. The van der Waals surface area contributed by atoms with Gasteiger partial charge < -0.3 is 14.3 Å². The van der Waals surface area contributed by atoms with Gasteiger partial charge in [0.25, 0.3) is 5.60 Å². The summed E-state index contributed by atoms with van der Waals surface area (Å²) in [6.07, 6.45) is -10.5. The average molecular weight is 478 g/mol. The monoisotopic (exact) mass is 478 g/mol. The Bertz CT molecular complexity index is 1030. The van der Waals surface area contributed by atoms with Crippen LogP contribution in [0, 0.1) is 12.8 Å². The molecule has 180 valence electrons. The molecule has 12 heteroatoms. The van der Waals surface area contributed by atoms with Crippen molar-refractivity contribution >= 4 is 17.4 Å². The van der Waals surface area contributed by atoms with Crippen LogP contribution in [0.1, 0.15) is 27.9 Å². The number of alkyl halides is 6. The molecule has 1 aromatic rings. The summed E-state index contributed by atoms with van der Waals surface area (Å²) >= 11 is 0. The summed E-state index contributed by atoms with van der Waals surface area (Å²) < 4.78 is 92.6. The minimum absolute atomic E-state index is 0.143. The van der Waals surface area contributed by atoms with Crippen molar-refractivity contribution in [1.29, 1.82) is 0 Å². The third-order valence-electron chi connectivity index (χ3n) is 5.47. The Balaban J connectivity index is 1.98. The molecule has 0 spiro atoms. The van der Waals surface area contributed by atoms with E-state index in [0.29, 0.717) is 11.6 Å². The Morgan fingerprint density at radius 1 is 1.21 bits per heavy atom. The SMILES string of the molecule is COCC1CN=C(C2(C(F)(F)F)CC(c3ccc(C(=O)OC)c(C)c3)=NO2)C=C1C(F)(F)F. The number of nitrogens with zero attached hydrogens (tertiary/aromatic N) is 2. The molecule has 0 saturated heterocycles. The van der Waals surface area contributed by atoms with Crippen molar-refractivity contribution in [3.63, 3.8) is 0 Å². The summed E-state index contributed by atoms with van der Waals surface area (Å²) in [6.45, 7) is 0.663. The van der Waals surface area contributed by atoms with Crippen LogP contribution in [0.25, 0.3) is 0 Å². The van der Waals surface area contributed by atoms with Crippen LogP contribution in [0.2, 0.25) is 0 Å².